The second-order valence-corrected chi connectivity index (χ2v) is 9.68. The lowest BCUT2D eigenvalue weighted by atomic mass is 9.95. The molecule has 1 aliphatic rings. The Balaban J connectivity index is 1.69. The van der Waals surface area contributed by atoms with Crippen molar-refractivity contribution in [2.45, 2.75) is 42.2 Å². The summed E-state index contributed by atoms with van der Waals surface area (Å²) in [5, 5.41) is 8.82. The number of unbranched alkanes of at least 4 members (excludes halogenated alkanes) is 1. The van der Waals surface area contributed by atoms with E-state index in [-0.39, 0.29) is 6.61 Å². The molecule has 6 nitrogen and oxygen atoms in total. The van der Waals surface area contributed by atoms with Crippen molar-refractivity contribution in [2.75, 3.05) is 32.8 Å². The van der Waals surface area contributed by atoms with Gasteiger partial charge in [0.15, 0.2) is 0 Å². The number of likely N-dealkylation sites (tertiary alicyclic amines) is 1. The van der Waals surface area contributed by atoms with E-state index in [0.29, 0.717) is 24.3 Å². The molecule has 1 heterocycles. The van der Waals surface area contributed by atoms with Crippen LogP contribution in [0, 0.1) is 0 Å². The number of aliphatic hydroxyl groups is 1. The van der Waals surface area contributed by atoms with Gasteiger partial charge in [-0.05, 0) is 67.6 Å². The van der Waals surface area contributed by atoms with E-state index in [1.54, 1.807) is 0 Å². The molecule has 2 aromatic rings. The molecule has 0 spiro atoms. The number of nitrogens with two attached hydrogens (primary N) is 1. The van der Waals surface area contributed by atoms with E-state index in [4.69, 9.17) is 15.6 Å². The van der Waals surface area contributed by atoms with Gasteiger partial charge < -0.3 is 20.5 Å². The number of aliphatic hydroxyl groups excluding tert-OH is 1. The number of amides is 1. The van der Waals surface area contributed by atoms with Crippen molar-refractivity contribution >= 4 is 16.7 Å². The van der Waals surface area contributed by atoms with Crippen molar-refractivity contribution < 1.29 is 18.8 Å². The average molecular weight is 445 g/mol. The largest absolute Gasteiger partial charge is 0.494 e. The standard InChI is InChI=1S/C24H32N2O4S/c1-2-26-15-13-24(14-16-26,23(25)28)31(29)22-11-7-20(8-12-22)19-5-9-21(10-6-19)30-18-4-3-17-27/h5-12,27H,2-4,13-18H2,1H3,(H2,25,28). The van der Waals surface area contributed by atoms with Gasteiger partial charge in [-0.25, -0.2) is 0 Å². The van der Waals surface area contributed by atoms with E-state index in [1.807, 2.05) is 48.5 Å². The molecule has 1 unspecified atom stereocenters. The van der Waals surface area contributed by atoms with Crippen LogP contribution in [-0.4, -0.2) is 57.7 Å². The maximum Gasteiger partial charge on any atom is 0.236 e. The highest BCUT2D eigenvalue weighted by Crippen LogP contribution is 2.33. The van der Waals surface area contributed by atoms with Gasteiger partial charge in [0.05, 0.1) is 17.4 Å². The Kier molecular flexibility index (Phi) is 8.23. The number of ether oxygens (including phenoxy) is 1. The summed E-state index contributed by atoms with van der Waals surface area (Å²) in [5.74, 6) is 0.321. The van der Waals surface area contributed by atoms with Crippen LogP contribution in [0.2, 0.25) is 0 Å². The Morgan fingerprint density at radius 2 is 1.65 bits per heavy atom. The lowest BCUT2D eigenvalue weighted by Crippen LogP contribution is -2.54. The van der Waals surface area contributed by atoms with Crippen LogP contribution >= 0.6 is 0 Å². The smallest absolute Gasteiger partial charge is 0.236 e. The molecule has 1 atom stereocenters. The summed E-state index contributed by atoms with van der Waals surface area (Å²) in [5.41, 5.74) is 7.77. The number of nitrogens with zero attached hydrogens (tertiary/aromatic N) is 1. The zero-order valence-electron chi connectivity index (χ0n) is 18.1. The number of hydrogen-bond donors (Lipinski definition) is 2. The van der Waals surface area contributed by atoms with Crippen molar-refractivity contribution in [2.24, 2.45) is 5.73 Å². The first-order valence-corrected chi connectivity index (χ1v) is 12.0. The van der Waals surface area contributed by atoms with Crippen molar-refractivity contribution in [1.29, 1.82) is 0 Å². The van der Waals surface area contributed by atoms with Gasteiger partial charge >= 0.3 is 0 Å². The number of carbonyl (C=O) groups is 1. The van der Waals surface area contributed by atoms with Gasteiger partial charge in [0.25, 0.3) is 0 Å². The SMILES string of the molecule is CCN1CCC(C(N)=O)(S(=O)c2ccc(-c3ccc(OCCCCO)cc3)cc2)CC1. The van der Waals surface area contributed by atoms with Crippen LogP contribution in [0.3, 0.4) is 0 Å². The maximum absolute atomic E-state index is 13.4. The van der Waals surface area contributed by atoms with Crippen LogP contribution in [0.4, 0.5) is 0 Å². The monoisotopic (exact) mass is 444 g/mol. The third kappa shape index (κ3) is 5.53. The molecular formula is C24H32N2O4S. The first-order chi connectivity index (χ1) is 15.0. The van der Waals surface area contributed by atoms with Gasteiger partial charge in [-0.15, -0.1) is 0 Å². The summed E-state index contributed by atoms with van der Waals surface area (Å²) >= 11 is 0. The normalized spacial score (nSPS) is 17.2. The molecule has 0 radical (unpaired) electrons. The minimum Gasteiger partial charge on any atom is -0.494 e. The number of rotatable bonds is 10. The summed E-state index contributed by atoms with van der Waals surface area (Å²) in [6.07, 6.45) is 2.59. The topological polar surface area (TPSA) is 92.9 Å². The lowest BCUT2D eigenvalue weighted by Gasteiger charge is -2.38. The molecule has 0 aromatic heterocycles. The van der Waals surface area contributed by atoms with Crippen LogP contribution in [0.5, 0.6) is 5.75 Å². The van der Waals surface area contributed by atoms with Gasteiger partial charge in [0.2, 0.25) is 5.91 Å². The first-order valence-electron chi connectivity index (χ1n) is 10.9. The van der Waals surface area contributed by atoms with E-state index in [1.165, 1.54) is 0 Å². The fourth-order valence-electron chi connectivity index (χ4n) is 3.90. The summed E-state index contributed by atoms with van der Waals surface area (Å²) in [6.45, 7) is 5.24. The number of benzene rings is 2. The predicted octanol–water partition coefficient (Wildman–Crippen LogP) is 2.95. The van der Waals surface area contributed by atoms with Crippen LogP contribution in [-0.2, 0) is 15.6 Å². The molecular weight excluding hydrogens is 412 g/mol. The molecule has 1 amide bonds. The van der Waals surface area contributed by atoms with E-state index >= 15 is 0 Å². The van der Waals surface area contributed by atoms with E-state index in [9.17, 15) is 9.00 Å². The Morgan fingerprint density at radius 3 is 2.16 bits per heavy atom. The zero-order valence-corrected chi connectivity index (χ0v) is 18.9. The first kappa shape index (κ1) is 23.4. The number of primary amides is 1. The molecule has 0 bridgehead atoms. The fourth-order valence-corrected chi connectivity index (χ4v) is 5.47. The second-order valence-electron chi connectivity index (χ2n) is 7.89. The highest BCUT2D eigenvalue weighted by molar-refractivity contribution is 7.87. The van der Waals surface area contributed by atoms with Crippen molar-refractivity contribution in [3.05, 3.63) is 48.5 Å². The van der Waals surface area contributed by atoms with E-state index in [0.717, 1.165) is 49.4 Å². The van der Waals surface area contributed by atoms with Crippen LogP contribution in [0.1, 0.15) is 32.6 Å². The molecule has 3 N–H and O–H groups in total. The van der Waals surface area contributed by atoms with Crippen molar-refractivity contribution in [3.63, 3.8) is 0 Å². The number of piperidine rings is 1. The summed E-state index contributed by atoms with van der Waals surface area (Å²) in [6, 6.07) is 15.3. The summed E-state index contributed by atoms with van der Waals surface area (Å²) in [7, 11) is -1.49. The molecule has 0 saturated carbocycles. The van der Waals surface area contributed by atoms with Crippen molar-refractivity contribution in [3.8, 4) is 16.9 Å². The summed E-state index contributed by atoms with van der Waals surface area (Å²) < 4.78 is 18.0. The number of carbonyl (C=O) groups excluding carboxylic acids is 1. The Hall–Kier alpha value is -2.22. The van der Waals surface area contributed by atoms with Gasteiger partial charge in [-0.1, -0.05) is 31.2 Å². The number of hydrogen-bond acceptors (Lipinski definition) is 5. The van der Waals surface area contributed by atoms with Gasteiger partial charge in [-0.3, -0.25) is 9.00 Å². The van der Waals surface area contributed by atoms with Crippen LogP contribution in [0.15, 0.2) is 53.4 Å². The van der Waals surface area contributed by atoms with Crippen LogP contribution in [0.25, 0.3) is 11.1 Å². The molecule has 1 fully saturated rings. The molecule has 3 rings (SSSR count). The highest BCUT2D eigenvalue weighted by atomic mass is 32.2. The fraction of sp³-hybridized carbons (Fsp3) is 0.458. The van der Waals surface area contributed by atoms with Gasteiger partial charge in [0, 0.05) is 24.6 Å². The molecule has 7 heteroatoms. The van der Waals surface area contributed by atoms with Crippen LogP contribution < -0.4 is 10.5 Å². The Morgan fingerprint density at radius 1 is 1.06 bits per heavy atom. The van der Waals surface area contributed by atoms with E-state index < -0.39 is 21.5 Å². The minimum absolute atomic E-state index is 0.181. The lowest BCUT2D eigenvalue weighted by molar-refractivity contribution is -0.121. The minimum atomic E-state index is -1.49. The Labute approximate surface area is 186 Å². The Bertz CT molecular complexity index is 875. The highest BCUT2D eigenvalue weighted by Gasteiger charge is 2.45. The second kappa shape index (κ2) is 10.9. The molecule has 0 aliphatic carbocycles. The van der Waals surface area contributed by atoms with Gasteiger partial charge in [-0.2, -0.15) is 0 Å². The average Bonchev–Trinajstić information content (AvgIpc) is 2.82. The van der Waals surface area contributed by atoms with E-state index in [2.05, 4.69) is 11.8 Å². The summed E-state index contributed by atoms with van der Waals surface area (Å²) in [4.78, 5) is 15.2. The molecule has 168 valence electrons. The molecule has 1 aliphatic heterocycles. The third-order valence-electron chi connectivity index (χ3n) is 5.99. The predicted molar refractivity (Wildman–Crippen MR) is 123 cm³/mol. The quantitative estimate of drug-likeness (QED) is 0.550. The third-order valence-corrected chi connectivity index (χ3v) is 8.01. The maximum atomic E-state index is 13.4. The molecule has 2 aromatic carbocycles. The van der Waals surface area contributed by atoms with Gasteiger partial charge in [0.1, 0.15) is 10.5 Å². The van der Waals surface area contributed by atoms with Crippen molar-refractivity contribution in [1.82, 2.24) is 4.90 Å². The molecule has 1 saturated heterocycles. The molecule has 31 heavy (non-hydrogen) atoms. The zero-order chi connectivity index (χ0) is 22.3.